The maximum atomic E-state index is 4.33. The van der Waals surface area contributed by atoms with Crippen molar-refractivity contribution in [1.82, 2.24) is 29.1 Å². The topological polar surface area (TPSA) is 86.1 Å². The quantitative estimate of drug-likeness (QED) is 0.203. The Morgan fingerprint density at radius 1 is 0.622 bits per heavy atom. The lowest BCUT2D eigenvalue weighted by Crippen LogP contribution is -1.93. The molecular weight excluding hydrogens is 556 g/mol. The van der Waals surface area contributed by atoms with Crippen molar-refractivity contribution in [3.05, 3.63) is 120 Å². The summed E-state index contributed by atoms with van der Waals surface area (Å²) < 4.78 is 4.71. The van der Waals surface area contributed by atoms with E-state index in [-0.39, 0.29) is 7.43 Å². The number of pyridine rings is 4. The molecule has 10 rings (SSSR count). The van der Waals surface area contributed by atoms with Gasteiger partial charge in [-0.05, 0) is 75.9 Å². The third-order valence-corrected chi connectivity index (χ3v) is 8.44. The SMILES string of the molecule is C.C1=NCc2cnccc21.Cc1nccc2c1CN=C2.Cc1nccc2ccn(C3CC3)c12.c1cc2ccn(C3CC3)c2cn1. The van der Waals surface area contributed by atoms with Crippen LogP contribution in [0.5, 0.6) is 0 Å². The third kappa shape index (κ3) is 6.75. The number of hydrogen-bond acceptors (Lipinski definition) is 6. The van der Waals surface area contributed by atoms with Crippen LogP contribution in [0.4, 0.5) is 0 Å². The predicted molar refractivity (Wildman–Crippen MR) is 183 cm³/mol. The normalized spacial score (nSPS) is 15.2. The summed E-state index contributed by atoms with van der Waals surface area (Å²) in [6, 6.07) is 14.0. The monoisotopic (exact) mass is 596 g/mol. The van der Waals surface area contributed by atoms with Crippen LogP contribution >= 0.6 is 0 Å². The number of rotatable bonds is 2. The maximum absolute atomic E-state index is 4.33. The molecular formula is C37H40N8. The summed E-state index contributed by atoms with van der Waals surface area (Å²) in [7, 11) is 0. The Balaban J connectivity index is 0.000000106. The molecule has 0 bridgehead atoms. The standard InChI is InChI=1S/C11H12N2.C10H10N2.C8H8N2.C7H6N2.CH4/c1-8-11-9(4-6-12-8)5-7-13(11)10-2-3-10;1-2-9(1)12-6-4-8-3-5-11-7-10(8)12;1-6-8-5-9-4-7(8)2-3-10-6;1-2-8-4-7-5-9-3-6(1)7;/h4-7,10H,2-3H2,1H3;3-7,9H,1-2H2;2-4H,5H2,1H3;1-4H,5H2;1H4. The van der Waals surface area contributed by atoms with Crippen LogP contribution in [0.15, 0.2) is 96.0 Å². The first-order valence-electron chi connectivity index (χ1n) is 15.4. The van der Waals surface area contributed by atoms with Crippen molar-refractivity contribution in [1.29, 1.82) is 0 Å². The predicted octanol–water partition coefficient (Wildman–Crippen LogP) is 8.02. The lowest BCUT2D eigenvalue weighted by molar-refractivity contribution is 0.771. The number of hydrogen-bond donors (Lipinski definition) is 0. The first-order chi connectivity index (χ1) is 21.7. The van der Waals surface area contributed by atoms with Crippen molar-refractivity contribution < 1.29 is 0 Å². The zero-order valence-electron chi connectivity index (χ0n) is 25.2. The van der Waals surface area contributed by atoms with E-state index < -0.39 is 0 Å². The van der Waals surface area contributed by atoms with Crippen LogP contribution in [-0.4, -0.2) is 41.5 Å². The number of aliphatic imine (C=N–C) groups is 2. The molecule has 228 valence electrons. The first-order valence-corrected chi connectivity index (χ1v) is 15.4. The van der Waals surface area contributed by atoms with Gasteiger partial charge in [0.05, 0.1) is 36.0 Å². The highest BCUT2D eigenvalue weighted by molar-refractivity contribution is 5.85. The van der Waals surface area contributed by atoms with Gasteiger partial charge in [0.25, 0.3) is 0 Å². The second kappa shape index (κ2) is 13.3. The summed E-state index contributed by atoms with van der Waals surface area (Å²) in [4.78, 5) is 24.8. The molecule has 0 aromatic carbocycles. The molecule has 0 atom stereocenters. The van der Waals surface area contributed by atoms with E-state index in [1.165, 1.54) is 69.7 Å². The second-order valence-electron chi connectivity index (χ2n) is 11.7. The summed E-state index contributed by atoms with van der Waals surface area (Å²) in [5.74, 6) is 0. The van der Waals surface area contributed by atoms with Crippen LogP contribution in [0.2, 0.25) is 0 Å². The van der Waals surface area contributed by atoms with E-state index in [0.29, 0.717) is 0 Å². The molecule has 8 nitrogen and oxygen atoms in total. The highest BCUT2D eigenvalue weighted by Gasteiger charge is 2.25. The van der Waals surface area contributed by atoms with E-state index in [4.69, 9.17) is 0 Å². The molecule has 8 heteroatoms. The van der Waals surface area contributed by atoms with Gasteiger partial charge < -0.3 is 9.13 Å². The molecule has 45 heavy (non-hydrogen) atoms. The van der Waals surface area contributed by atoms with Crippen molar-refractivity contribution in [2.45, 2.75) is 72.1 Å². The van der Waals surface area contributed by atoms with E-state index in [1.54, 1.807) is 6.20 Å². The van der Waals surface area contributed by atoms with Crippen molar-refractivity contribution in [3.63, 3.8) is 0 Å². The second-order valence-corrected chi connectivity index (χ2v) is 11.7. The van der Waals surface area contributed by atoms with Gasteiger partial charge in [0.1, 0.15) is 0 Å². The molecule has 0 radical (unpaired) electrons. The molecule has 0 amide bonds. The van der Waals surface area contributed by atoms with Gasteiger partial charge >= 0.3 is 0 Å². The Bertz CT molecular complexity index is 1970. The molecule has 8 heterocycles. The van der Waals surface area contributed by atoms with Crippen LogP contribution in [0.1, 0.15) is 78.8 Å². The van der Waals surface area contributed by atoms with Crippen LogP contribution in [0, 0.1) is 13.8 Å². The fraction of sp³-hybridized carbons (Fsp3) is 0.297. The fourth-order valence-corrected chi connectivity index (χ4v) is 5.72. The minimum absolute atomic E-state index is 0. The number of aromatic nitrogens is 6. The van der Waals surface area contributed by atoms with Crippen molar-refractivity contribution >= 4 is 34.2 Å². The van der Waals surface area contributed by atoms with E-state index in [2.05, 4.69) is 82.6 Å². The lowest BCUT2D eigenvalue weighted by atomic mass is 10.1. The van der Waals surface area contributed by atoms with E-state index in [0.717, 1.165) is 36.6 Å². The first kappa shape index (κ1) is 30.1. The average Bonchev–Trinajstić information content (AvgIpc) is 3.83. The Kier molecular flexibility index (Phi) is 8.91. The number of aryl methyl sites for hydroxylation is 2. The van der Waals surface area contributed by atoms with Gasteiger partial charge in [0.2, 0.25) is 0 Å². The summed E-state index contributed by atoms with van der Waals surface area (Å²) in [5, 5.41) is 2.62. The molecule has 2 fully saturated rings. The van der Waals surface area contributed by atoms with Gasteiger partial charge in [-0.1, -0.05) is 7.43 Å². The largest absolute Gasteiger partial charge is 0.343 e. The van der Waals surface area contributed by atoms with Crippen LogP contribution in [0.25, 0.3) is 21.8 Å². The summed E-state index contributed by atoms with van der Waals surface area (Å²) in [6.07, 6.45) is 24.6. The zero-order valence-corrected chi connectivity index (χ0v) is 25.2. The zero-order chi connectivity index (χ0) is 29.9. The molecule has 2 aliphatic carbocycles. The molecule has 6 aromatic rings. The van der Waals surface area contributed by atoms with E-state index >= 15 is 0 Å². The van der Waals surface area contributed by atoms with Crippen molar-refractivity contribution in [2.75, 3.05) is 0 Å². The third-order valence-electron chi connectivity index (χ3n) is 8.44. The number of fused-ring (bicyclic) bond motifs is 4. The Labute approximate surface area is 264 Å². The molecule has 0 N–H and O–H groups in total. The molecule has 2 aliphatic heterocycles. The van der Waals surface area contributed by atoms with E-state index in [1.807, 2.05) is 62.5 Å². The van der Waals surface area contributed by atoms with Gasteiger partial charge in [-0.3, -0.25) is 29.9 Å². The summed E-state index contributed by atoms with van der Waals surface area (Å²) >= 11 is 0. The highest BCUT2D eigenvalue weighted by atomic mass is 15.0. The van der Waals surface area contributed by atoms with Gasteiger partial charge in [0.15, 0.2) is 0 Å². The molecule has 4 aliphatic rings. The Hall–Kier alpha value is -4.98. The van der Waals surface area contributed by atoms with Crippen molar-refractivity contribution in [2.24, 2.45) is 9.98 Å². The van der Waals surface area contributed by atoms with Gasteiger partial charge in [-0.2, -0.15) is 0 Å². The highest BCUT2D eigenvalue weighted by Crippen LogP contribution is 2.38. The van der Waals surface area contributed by atoms with Crippen LogP contribution in [0.3, 0.4) is 0 Å². The van der Waals surface area contributed by atoms with Gasteiger partial charge in [-0.25, -0.2) is 0 Å². The lowest BCUT2D eigenvalue weighted by Gasteiger charge is -2.03. The molecule has 0 spiro atoms. The van der Waals surface area contributed by atoms with Gasteiger partial charge in [-0.15, -0.1) is 0 Å². The summed E-state index contributed by atoms with van der Waals surface area (Å²) in [6.45, 7) is 5.73. The number of nitrogens with zero attached hydrogens (tertiary/aromatic N) is 8. The van der Waals surface area contributed by atoms with Gasteiger partial charge in [0, 0.05) is 107 Å². The molecule has 0 saturated heterocycles. The smallest absolute Gasteiger partial charge is 0.0699 e. The minimum atomic E-state index is 0. The molecule has 6 aromatic heterocycles. The minimum Gasteiger partial charge on any atom is -0.343 e. The Morgan fingerprint density at radius 2 is 1.24 bits per heavy atom. The molecule has 0 unspecified atom stereocenters. The Morgan fingerprint density at radius 3 is 2.04 bits per heavy atom. The van der Waals surface area contributed by atoms with E-state index in [9.17, 15) is 0 Å². The van der Waals surface area contributed by atoms with Crippen LogP contribution in [-0.2, 0) is 13.1 Å². The summed E-state index contributed by atoms with van der Waals surface area (Å²) in [5.41, 5.74) is 9.81. The van der Waals surface area contributed by atoms with Crippen LogP contribution < -0.4 is 0 Å². The van der Waals surface area contributed by atoms with Crippen molar-refractivity contribution in [3.8, 4) is 0 Å². The fourth-order valence-electron chi connectivity index (χ4n) is 5.72. The average molecular weight is 597 g/mol. The maximum Gasteiger partial charge on any atom is 0.0699 e. The molecule has 2 saturated carbocycles.